The Labute approximate surface area is 456 Å². The monoisotopic (exact) mass is 1170 g/mol. The average molecular weight is 1170 g/mol. The maximum Gasteiger partial charge on any atom is 0.426 e. The average Bonchev–Trinajstić information content (AvgIpc) is 3.29. The number of hydrazine groups is 3. The quantitative estimate of drug-likeness (QED) is 0.0186. The van der Waals surface area contributed by atoms with E-state index in [4.69, 9.17) is 56.4 Å². The lowest BCUT2D eigenvalue weighted by Gasteiger charge is -2.36. The minimum absolute atomic E-state index is 0.0978. The lowest BCUT2D eigenvalue weighted by Crippen LogP contribution is -2.45. The summed E-state index contributed by atoms with van der Waals surface area (Å²) in [5.41, 5.74) is 11.3. The topological polar surface area (TPSA) is 367 Å². The van der Waals surface area contributed by atoms with Crippen LogP contribution in [0.5, 0.6) is 0 Å². The third-order valence-electron chi connectivity index (χ3n) is 8.76. The van der Waals surface area contributed by atoms with Crippen molar-refractivity contribution in [1.29, 1.82) is 0 Å². The van der Waals surface area contributed by atoms with E-state index in [-0.39, 0.29) is 77.4 Å². The molecule has 452 valence electrons. The lowest BCUT2D eigenvalue weighted by molar-refractivity contribution is -0.122. The number of rotatable bonds is 35. The molecule has 0 aromatic heterocycles. The smallest absolute Gasteiger partial charge is 0.426 e. The lowest BCUT2D eigenvalue weighted by atomic mass is 10.2. The summed E-state index contributed by atoms with van der Waals surface area (Å²) >= 11 is 0. The van der Waals surface area contributed by atoms with E-state index in [1.807, 2.05) is 27.4 Å². The van der Waals surface area contributed by atoms with Crippen LogP contribution in [0.2, 0.25) is 0 Å². The molecule has 33 heteroatoms. The van der Waals surface area contributed by atoms with Crippen LogP contribution in [0.1, 0.15) is 102 Å². The Morgan fingerprint density at radius 1 is 0.442 bits per heavy atom. The number of nitrogens with zero attached hydrogens (tertiary/aromatic N) is 3. The molecule has 0 fully saturated rings. The number of ether oxygens (including phenoxy) is 9. The first kappa shape index (κ1) is 73.4. The number of amides is 6. The van der Waals surface area contributed by atoms with Crippen LogP contribution in [0.3, 0.4) is 0 Å². The van der Waals surface area contributed by atoms with Gasteiger partial charge in [-0.15, -0.1) is 0 Å². The van der Waals surface area contributed by atoms with Crippen molar-refractivity contribution in [3.8, 4) is 0 Å². The summed E-state index contributed by atoms with van der Waals surface area (Å²) in [4.78, 5) is 77.0. The molecule has 0 bridgehead atoms. The summed E-state index contributed by atoms with van der Waals surface area (Å²) in [6.07, 6.45) is -3.28. The van der Waals surface area contributed by atoms with Gasteiger partial charge in [0.15, 0.2) is 0 Å². The van der Waals surface area contributed by atoms with Crippen LogP contribution in [0.15, 0.2) is 13.8 Å². The van der Waals surface area contributed by atoms with Crippen molar-refractivity contribution in [3.63, 3.8) is 0 Å². The van der Waals surface area contributed by atoms with E-state index in [2.05, 4.69) is 63.1 Å². The number of nitrogens with one attached hydrogen (secondary N) is 12. The van der Waals surface area contributed by atoms with Crippen molar-refractivity contribution in [3.05, 3.63) is 0 Å². The van der Waals surface area contributed by atoms with Crippen LogP contribution in [-0.4, -0.2) is 185 Å². The first-order valence-electron chi connectivity index (χ1n) is 25.2. The van der Waals surface area contributed by atoms with E-state index >= 15 is 0 Å². The molecule has 0 aliphatic rings. The first-order chi connectivity index (χ1) is 35.8. The molecule has 6 amide bonds. The van der Waals surface area contributed by atoms with E-state index in [1.54, 1.807) is 83.6 Å². The van der Waals surface area contributed by atoms with E-state index in [9.17, 15) is 28.8 Å². The number of carbonyl (C=O) groups is 6. The standard InChI is InChI=1S/C44H96N15O15P3/c1-33(30-69-27-24-66-14)55-75(17,56-34(2)31-70-28-25-67-15)58-77(57-35(3)32-71-29-26-68-16,48-23-20-38(62)51-54-41(65)74-44(10,11)12)59-76(45-13,46-21-18-36(60)49-52-39(63)72-42(4,5)6)47-22-19-37(61)50-53-40(64)73-43(7,8)9/h33-35,46-48,55-57H,18-32H2,1-17H3,(H,49,60)(H,50,61)(H,51,62)(H,52,63)(H,53,64)(H,54,65). The van der Waals surface area contributed by atoms with Crippen LogP contribution in [0.4, 0.5) is 14.4 Å². The zero-order chi connectivity index (χ0) is 58.8. The van der Waals surface area contributed by atoms with Gasteiger partial charge < -0.3 is 42.6 Å². The van der Waals surface area contributed by atoms with E-state index in [1.165, 1.54) is 7.05 Å². The summed E-state index contributed by atoms with van der Waals surface area (Å²) in [7, 11) is -4.23. The highest BCUT2D eigenvalue weighted by Gasteiger charge is 2.32. The number of methoxy groups -OCH3 is 3. The summed E-state index contributed by atoms with van der Waals surface area (Å²) in [5.74, 6) is -1.80. The normalized spacial score (nSPS) is 14.8. The fourth-order valence-corrected chi connectivity index (χ4v) is 16.5. The number of carbonyl (C=O) groups excluding carboxylic acids is 6. The summed E-state index contributed by atoms with van der Waals surface area (Å²) in [6.45, 7) is 25.1. The highest BCUT2D eigenvalue weighted by Crippen LogP contribution is 2.61. The minimum atomic E-state index is -3.76. The summed E-state index contributed by atoms with van der Waals surface area (Å²) in [5, 5.41) is 21.1. The second-order valence-electron chi connectivity index (χ2n) is 20.3. The zero-order valence-corrected chi connectivity index (χ0v) is 51.3. The Balaban J connectivity index is 8.18. The Morgan fingerprint density at radius 2 is 0.740 bits per heavy atom. The fraction of sp³-hybridized carbons (Fsp3) is 0.864. The molecule has 0 aromatic rings. The maximum absolute atomic E-state index is 13.4. The van der Waals surface area contributed by atoms with Gasteiger partial charge >= 0.3 is 18.3 Å². The minimum Gasteiger partial charge on any atom is -0.443 e. The molecule has 12 N–H and O–H groups in total. The van der Waals surface area contributed by atoms with Crippen molar-refractivity contribution in [2.45, 2.75) is 137 Å². The number of hydrogen-bond acceptors (Lipinski definition) is 16. The van der Waals surface area contributed by atoms with Gasteiger partial charge in [-0.25, -0.2) is 40.3 Å². The van der Waals surface area contributed by atoms with Gasteiger partial charge in [-0.2, -0.15) is 4.52 Å². The molecule has 77 heavy (non-hydrogen) atoms. The predicted molar refractivity (Wildman–Crippen MR) is 296 cm³/mol. The van der Waals surface area contributed by atoms with Crippen LogP contribution in [0.25, 0.3) is 0 Å². The number of hydrogen-bond donors (Lipinski definition) is 12. The van der Waals surface area contributed by atoms with Gasteiger partial charge in [0.25, 0.3) is 0 Å². The van der Waals surface area contributed by atoms with Gasteiger partial charge in [-0.05, 0) is 89.7 Å². The van der Waals surface area contributed by atoms with Gasteiger partial charge in [0.2, 0.25) is 32.7 Å². The highest BCUT2D eigenvalue weighted by molar-refractivity contribution is 7.77. The maximum atomic E-state index is 13.4. The molecule has 0 spiro atoms. The van der Waals surface area contributed by atoms with E-state index in [0.29, 0.717) is 33.0 Å². The van der Waals surface area contributed by atoms with Gasteiger partial charge in [0.1, 0.15) is 16.8 Å². The Morgan fingerprint density at radius 3 is 1.03 bits per heavy atom. The molecule has 0 aromatic carbocycles. The fourth-order valence-electron chi connectivity index (χ4n) is 5.94. The first-order valence-corrected chi connectivity index (χ1v) is 30.8. The third-order valence-corrected chi connectivity index (χ3v) is 18.6. The van der Waals surface area contributed by atoms with Crippen LogP contribution in [0, 0.1) is 0 Å². The van der Waals surface area contributed by atoms with Crippen molar-refractivity contribution >= 4 is 58.4 Å². The molecule has 4 atom stereocenters. The van der Waals surface area contributed by atoms with Crippen LogP contribution >= 0.6 is 22.4 Å². The molecular formula is C44H96N15O15P3. The second kappa shape index (κ2) is 38.1. The molecule has 0 radical (unpaired) electrons. The highest BCUT2D eigenvalue weighted by atomic mass is 31.2. The van der Waals surface area contributed by atoms with Crippen LogP contribution < -0.4 is 63.1 Å². The van der Waals surface area contributed by atoms with Gasteiger partial charge in [-0.1, -0.05) is 0 Å². The molecule has 0 rings (SSSR count). The molecule has 0 aliphatic heterocycles. The van der Waals surface area contributed by atoms with Crippen molar-refractivity contribution < 1.29 is 71.4 Å². The van der Waals surface area contributed by atoms with Crippen molar-refractivity contribution in [2.75, 3.05) is 114 Å². The molecule has 4 unspecified atom stereocenters. The zero-order valence-electron chi connectivity index (χ0n) is 48.6. The third kappa shape index (κ3) is 39.5. The second-order valence-corrected chi connectivity index (χ2v) is 28.2. The SMILES string of the molecule is CN=P(N=P(N=P(C)(NC(C)COCCOC)NC(C)COCCOC)(NCCC(=O)NNC(=O)OC(C)(C)C)NC(C)COCCOC)(NCCC(=O)NNC(=O)OC(C)(C)C)NCCC(=O)NNC(=O)OC(C)(C)C. The van der Waals surface area contributed by atoms with Gasteiger partial charge in [-0.3, -0.25) is 60.8 Å². The summed E-state index contributed by atoms with van der Waals surface area (Å²) < 4.78 is 65.2. The van der Waals surface area contributed by atoms with Gasteiger partial charge in [0, 0.05) is 85.4 Å². The van der Waals surface area contributed by atoms with E-state index in [0.717, 1.165) is 0 Å². The largest absolute Gasteiger partial charge is 0.443 e. The Kier molecular flexibility index (Phi) is 36.4. The van der Waals surface area contributed by atoms with Crippen molar-refractivity contribution in [2.24, 2.45) is 13.8 Å². The van der Waals surface area contributed by atoms with E-state index < -0.39 is 81.2 Å². The summed E-state index contributed by atoms with van der Waals surface area (Å²) in [6, 6.07) is -1.16. The molecular weight excluding hydrogens is 1070 g/mol. The Bertz CT molecular complexity index is 1880. The van der Waals surface area contributed by atoms with Crippen molar-refractivity contribution in [1.82, 2.24) is 63.1 Å². The predicted octanol–water partition coefficient (Wildman–Crippen LogP) is 3.70. The molecule has 0 saturated carbocycles. The molecule has 0 saturated heterocycles. The molecule has 30 nitrogen and oxygen atoms in total. The molecule has 0 aliphatic carbocycles. The Hall–Kier alpha value is -3.57. The molecule has 0 heterocycles. The van der Waals surface area contributed by atoms with Gasteiger partial charge in [0.05, 0.1) is 66.8 Å². The van der Waals surface area contributed by atoms with Crippen LogP contribution in [-0.2, 0) is 57.0 Å².